The van der Waals surface area contributed by atoms with Crippen LogP contribution < -0.4 is 0 Å². The molecule has 208 valence electrons. The van der Waals surface area contributed by atoms with E-state index in [2.05, 4.69) is 8.92 Å². The van der Waals surface area contributed by atoms with E-state index in [0.29, 0.717) is 0 Å². The Morgan fingerprint density at radius 3 is 1.14 bits per heavy atom. The molecule has 0 unspecified atom stereocenters. The molecule has 4 bridgehead atoms. The van der Waals surface area contributed by atoms with Crippen molar-refractivity contribution < 1.29 is 88.0 Å². The molecular weight excluding hydrogens is 577 g/mol. The molecule has 0 saturated heterocycles. The summed E-state index contributed by atoms with van der Waals surface area (Å²) >= 11 is 0. The first-order valence-corrected chi connectivity index (χ1v) is 10.4. The summed E-state index contributed by atoms with van der Waals surface area (Å²) in [5.41, 5.74) is -33.0. The molecule has 0 radical (unpaired) electrons. The van der Waals surface area contributed by atoms with Crippen molar-refractivity contribution in [2.45, 2.75) is 65.1 Å². The number of alkyl halides is 15. The number of carbonyl (C=O) groups excluding carboxylic acids is 1. The Labute approximate surface area is 188 Å². The minimum atomic E-state index is -8.02. The zero-order chi connectivity index (χ0) is 28.8. The first kappa shape index (κ1) is 28.5. The van der Waals surface area contributed by atoms with Crippen molar-refractivity contribution >= 4 is 16.1 Å². The third-order valence-corrected chi connectivity index (χ3v) is 6.63. The number of ether oxygens (including phenoxy) is 1. The smallest absolute Gasteiger partial charge is 0.345 e. The van der Waals surface area contributed by atoms with Gasteiger partial charge in [0.15, 0.2) is 0 Å². The Hall–Kier alpha value is -2.09. The second kappa shape index (κ2) is 6.30. The lowest BCUT2D eigenvalue weighted by atomic mass is 9.40. The van der Waals surface area contributed by atoms with E-state index < -0.39 is 86.1 Å². The third kappa shape index (κ3) is 2.09. The van der Waals surface area contributed by atoms with Crippen molar-refractivity contribution in [3.63, 3.8) is 0 Å². The monoisotopic (exact) mass is 584 g/mol. The Morgan fingerprint density at radius 2 is 0.889 bits per heavy atom. The Balaban J connectivity index is 2.50. The van der Waals surface area contributed by atoms with Crippen LogP contribution in [0.1, 0.15) is 6.92 Å². The highest BCUT2D eigenvalue weighted by Crippen LogP contribution is 2.88. The largest absolute Gasteiger partial charge is 0.436 e. The molecule has 4 aliphatic carbocycles. The van der Waals surface area contributed by atoms with Gasteiger partial charge in [0, 0.05) is 0 Å². The van der Waals surface area contributed by atoms with E-state index in [0.717, 1.165) is 0 Å². The van der Waals surface area contributed by atoms with Gasteiger partial charge in [0.1, 0.15) is 6.26 Å². The second-order valence-electron chi connectivity index (χ2n) is 8.09. The summed E-state index contributed by atoms with van der Waals surface area (Å²) in [6, 6.07) is 0. The van der Waals surface area contributed by atoms with Crippen LogP contribution in [-0.2, 0) is 23.8 Å². The lowest BCUT2D eigenvalue weighted by Gasteiger charge is -2.74. The van der Waals surface area contributed by atoms with Crippen molar-refractivity contribution in [1.29, 1.82) is 0 Å². The van der Waals surface area contributed by atoms with Gasteiger partial charge in [-0.15, -0.1) is 0 Å². The molecule has 21 heteroatoms. The quantitative estimate of drug-likeness (QED) is 0.164. The maximum Gasteiger partial charge on any atom is 0.345 e. The van der Waals surface area contributed by atoms with Gasteiger partial charge in [-0.05, 0) is 6.92 Å². The average Bonchev–Trinajstić information content (AvgIpc) is 2.68. The van der Waals surface area contributed by atoms with Crippen molar-refractivity contribution in [2.24, 2.45) is 0 Å². The van der Waals surface area contributed by atoms with Gasteiger partial charge >= 0.3 is 74.2 Å². The summed E-state index contributed by atoms with van der Waals surface area (Å²) in [7, 11) is -4.66. The minimum absolute atomic E-state index is 0.0991. The highest BCUT2D eigenvalue weighted by atomic mass is 32.2. The van der Waals surface area contributed by atoms with E-state index >= 15 is 0 Å². The predicted octanol–water partition coefficient (Wildman–Crippen LogP) is 4.13. The molecule has 4 saturated carbocycles. The van der Waals surface area contributed by atoms with E-state index in [4.69, 9.17) is 0 Å². The Bertz CT molecular complexity index is 1060. The van der Waals surface area contributed by atoms with Crippen LogP contribution in [0.15, 0.2) is 11.8 Å². The third-order valence-electron chi connectivity index (χ3n) is 6.19. The van der Waals surface area contributed by atoms with Gasteiger partial charge in [0.2, 0.25) is 0 Å². The van der Waals surface area contributed by atoms with Crippen LogP contribution in [0.3, 0.4) is 0 Å². The molecule has 0 aromatic carbocycles. The Morgan fingerprint density at radius 1 is 0.611 bits per heavy atom. The van der Waals surface area contributed by atoms with Crippen LogP contribution in [0.2, 0.25) is 0 Å². The normalized spacial score (nSPS) is 42.6. The van der Waals surface area contributed by atoms with Gasteiger partial charge < -0.3 is 8.92 Å². The SMILES string of the molecule is CC(=COS(C)(=O)=O)C(=O)OC12C(F)(F)C3(F)C(F)(F)C(F)(C(F)(F)C(F)(C3(F)F)C1(F)F)C2(F)F. The number of carbonyl (C=O) groups is 1. The highest BCUT2D eigenvalue weighted by molar-refractivity contribution is 7.86. The lowest BCUT2D eigenvalue weighted by molar-refractivity contribution is -0.614. The number of halogens is 15. The maximum atomic E-state index is 14.9. The molecule has 0 aromatic heterocycles. The molecular formula is C15H7F15O5S. The van der Waals surface area contributed by atoms with Crippen molar-refractivity contribution in [2.75, 3.05) is 6.26 Å². The molecule has 0 aliphatic heterocycles. The van der Waals surface area contributed by atoms with Gasteiger partial charge in [-0.1, -0.05) is 0 Å². The van der Waals surface area contributed by atoms with E-state index in [9.17, 15) is 79.1 Å². The van der Waals surface area contributed by atoms with Gasteiger partial charge in [-0.3, -0.25) is 0 Å². The highest BCUT2D eigenvalue weighted by Gasteiger charge is 3.24. The van der Waals surface area contributed by atoms with E-state index in [1.807, 2.05) is 0 Å². The molecule has 4 fully saturated rings. The van der Waals surface area contributed by atoms with Crippen LogP contribution in [-0.4, -0.2) is 78.8 Å². The summed E-state index contributed by atoms with van der Waals surface area (Å²) in [6.07, 6.45) is -0.247. The number of hydrogen-bond acceptors (Lipinski definition) is 5. The van der Waals surface area contributed by atoms with Gasteiger partial charge in [0.25, 0.3) is 0 Å². The summed E-state index contributed by atoms with van der Waals surface area (Å²) in [5, 5.41) is 0. The van der Waals surface area contributed by atoms with Crippen LogP contribution in [0, 0.1) is 0 Å². The van der Waals surface area contributed by atoms with Crippen molar-refractivity contribution in [1.82, 2.24) is 0 Å². The molecule has 0 atom stereocenters. The minimum Gasteiger partial charge on any atom is -0.436 e. The summed E-state index contributed by atoms with van der Waals surface area (Å²) in [5.74, 6) is -51.0. The molecule has 0 N–H and O–H groups in total. The topological polar surface area (TPSA) is 69.7 Å². The molecule has 36 heavy (non-hydrogen) atoms. The molecule has 0 amide bonds. The van der Waals surface area contributed by atoms with Gasteiger partial charge in [-0.25, -0.2) is 18.0 Å². The number of hydrogen-bond donors (Lipinski definition) is 0. The fourth-order valence-corrected chi connectivity index (χ4v) is 4.74. The summed E-state index contributed by atoms with van der Waals surface area (Å²) in [6.45, 7) is 0.0991. The predicted molar refractivity (Wildman–Crippen MR) is 79.7 cm³/mol. The first-order chi connectivity index (χ1) is 15.5. The fourth-order valence-electron chi connectivity index (χ4n) is 4.43. The van der Waals surface area contributed by atoms with Crippen LogP contribution in [0.4, 0.5) is 65.9 Å². The van der Waals surface area contributed by atoms with E-state index in [1.54, 1.807) is 0 Å². The van der Waals surface area contributed by atoms with Crippen molar-refractivity contribution in [3.8, 4) is 0 Å². The van der Waals surface area contributed by atoms with Gasteiger partial charge in [0.05, 0.1) is 11.8 Å². The first-order valence-electron chi connectivity index (χ1n) is 8.63. The summed E-state index contributed by atoms with van der Waals surface area (Å²) in [4.78, 5) is 11.9. The van der Waals surface area contributed by atoms with Gasteiger partial charge in [-0.2, -0.15) is 61.1 Å². The molecule has 0 aromatic rings. The van der Waals surface area contributed by atoms with Crippen LogP contribution in [0.25, 0.3) is 0 Å². The van der Waals surface area contributed by atoms with Crippen LogP contribution >= 0.6 is 0 Å². The zero-order valence-corrected chi connectivity index (χ0v) is 17.5. The molecule has 5 nitrogen and oxygen atoms in total. The molecule has 4 aliphatic rings. The standard InChI is InChI=1S/C15H7F15O5S/c1-4(3-34-36(2,32)33)5(31)35-9-13(25,26)6(16)10(19,20)7(17,14(9,27)28)12(23,24)8(18,11(6,21)22)15(9,29)30/h3H,1-2H3. The number of rotatable bonds is 4. The van der Waals surface area contributed by atoms with E-state index in [1.165, 1.54) is 0 Å². The van der Waals surface area contributed by atoms with Crippen LogP contribution in [0.5, 0.6) is 0 Å². The zero-order valence-electron chi connectivity index (χ0n) is 16.7. The average molecular weight is 584 g/mol. The summed E-state index contributed by atoms with van der Waals surface area (Å²) < 4.78 is 248. The Kier molecular flexibility index (Phi) is 4.99. The molecule has 0 spiro atoms. The fraction of sp³-hybridized carbons (Fsp3) is 0.800. The second-order valence-corrected chi connectivity index (χ2v) is 9.69. The van der Waals surface area contributed by atoms with E-state index in [-0.39, 0.29) is 13.2 Å². The number of esters is 1. The molecule has 0 heterocycles. The van der Waals surface area contributed by atoms with Crippen molar-refractivity contribution in [3.05, 3.63) is 11.8 Å². The lowest BCUT2D eigenvalue weighted by Crippen LogP contribution is -3.10. The maximum absolute atomic E-state index is 14.9. The molecule has 4 rings (SSSR count).